The van der Waals surface area contributed by atoms with Gasteiger partial charge in [0.15, 0.2) is 0 Å². The summed E-state index contributed by atoms with van der Waals surface area (Å²) in [5.41, 5.74) is 2.05. The van der Waals surface area contributed by atoms with Crippen molar-refractivity contribution in [1.29, 1.82) is 0 Å². The molecule has 1 amide bonds. The Morgan fingerprint density at radius 2 is 2.00 bits per heavy atom. The average Bonchev–Trinajstić information content (AvgIpc) is 3.08. The number of halogens is 1. The zero-order valence-corrected chi connectivity index (χ0v) is 11.4. The van der Waals surface area contributed by atoms with Gasteiger partial charge in [-0.05, 0) is 30.3 Å². The quantitative estimate of drug-likeness (QED) is 0.798. The minimum Gasteiger partial charge on any atom is -0.351 e. The Hall–Kier alpha value is -3.09. The Labute approximate surface area is 125 Å². The third kappa shape index (κ3) is 3.14. The van der Waals surface area contributed by atoms with Gasteiger partial charge in [-0.3, -0.25) is 4.79 Å². The van der Waals surface area contributed by atoms with Crippen molar-refractivity contribution in [3.05, 3.63) is 66.2 Å². The molecule has 1 aromatic carbocycles. The highest BCUT2D eigenvalue weighted by molar-refractivity contribution is 5.91. The zero-order chi connectivity index (χ0) is 15.4. The minimum atomic E-state index is -0.376. The second kappa shape index (κ2) is 6.13. The second-order valence-electron chi connectivity index (χ2n) is 4.46. The number of rotatable bonds is 4. The van der Waals surface area contributed by atoms with Crippen LogP contribution in [0.15, 0.2) is 53.4 Å². The Morgan fingerprint density at radius 1 is 1.18 bits per heavy atom. The normalized spacial score (nSPS) is 10.4. The Balaban J connectivity index is 1.71. The number of nitrogens with one attached hydrogen (secondary N) is 1. The van der Waals surface area contributed by atoms with E-state index in [1.165, 1.54) is 30.7 Å². The summed E-state index contributed by atoms with van der Waals surface area (Å²) in [7, 11) is 0. The van der Waals surface area contributed by atoms with E-state index in [4.69, 9.17) is 4.52 Å². The van der Waals surface area contributed by atoms with Gasteiger partial charge < -0.3 is 9.84 Å². The van der Waals surface area contributed by atoms with Crippen LogP contribution in [0.3, 0.4) is 0 Å². The average molecular weight is 298 g/mol. The van der Waals surface area contributed by atoms with Crippen molar-refractivity contribution in [2.24, 2.45) is 0 Å². The van der Waals surface area contributed by atoms with Gasteiger partial charge in [0.1, 0.15) is 12.1 Å². The summed E-state index contributed by atoms with van der Waals surface area (Å²) >= 11 is 0. The molecule has 0 saturated heterocycles. The molecule has 0 radical (unpaired) electrons. The SMILES string of the molecule is O=C(NCc1cc(-c2ccc(F)cc2)ncn1)c1ccno1. The van der Waals surface area contributed by atoms with Gasteiger partial charge in [0.2, 0.25) is 5.76 Å². The fourth-order valence-electron chi connectivity index (χ4n) is 1.86. The highest BCUT2D eigenvalue weighted by atomic mass is 19.1. The van der Waals surface area contributed by atoms with E-state index < -0.39 is 0 Å². The van der Waals surface area contributed by atoms with Crippen LogP contribution < -0.4 is 5.32 Å². The van der Waals surface area contributed by atoms with Crippen LogP contribution in [0.25, 0.3) is 11.3 Å². The van der Waals surface area contributed by atoms with Crippen molar-refractivity contribution in [2.75, 3.05) is 0 Å². The van der Waals surface area contributed by atoms with Gasteiger partial charge >= 0.3 is 0 Å². The number of carbonyl (C=O) groups is 1. The molecular formula is C15H11FN4O2. The molecule has 110 valence electrons. The fraction of sp³-hybridized carbons (Fsp3) is 0.0667. The van der Waals surface area contributed by atoms with E-state index in [1.54, 1.807) is 18.2 Å². The van der Waals surface area contributed by atoms with Crippen LogP contribution >= 0.6 is 0 Å². The molecular weight excluding hydrogens is 287 g/mol. The molecule has 0 atom stereocenters. The van der Waals surface area contributed by atoms with Gasteiger partial charge in [-0.2, -0.15) is 0 Å². The number of carbonyl (C=O) groups excluding carboxylic acids is 1. The van der Waals surface area contributed by atoms with E-state index >= 15 is 0 Å². The third-order valence-corrected chi connectivity index (χ3v) is 2.96. The first-order valence-corrected chi connectivity index (χ1v) is 6.48. The fourth-order valence-corrected chi connectivity index (χ4v) is 1.86. The van der Waals surface area contributed by atoms with E-state index in [-0.39, 0.29) is 24.0 Å². The standard InChI is InChI=1S/C15H11FN4O2/c16-11-3-1-10(2-4-11)13-7-12(18-9-19-13)8-17-15(21)14-5-6-20-22-14/h1-7,9H,8H2,(H,17,21). The molecule has 0 aliphatic rings. The van der Waals surface area contributed by atoms with E-state index in [2.05, 4.69) is 20.4 Å². The van der Waals surface area contributed by atoms with Crippen LogP contribution in [0.1, 0.15) is 16.2 Å². The summed E-state index contributed by atoms with van der Waals surface area (Å²) in [6.45, 7) is 0.219. The van der Waals surface area contributed by atoms with Crippen LogP contribution in [0.5, 0.6) is 0 Å². The minimum absolute atomic E-state index is 0.132. The smallest absolute Gasteiger partial charge is 0.290 e. The summed E-state index contributed by atoms with van der Waals surface area (Å²) < 4.78 is 17.7. The molecule has 2 aromatic heterocycles. The molecule has 6 nitrogen and oxygen atoms in total. The maximum atomic E-state index is 12.9. The van der Waals surface area contributed by atoms with Crippen molar-refractivity contribution >= 4 is 5.91 Å². The first-order chi connectivity index (χ1) is 10.7. The molecule has 7 heteroatoms. The van der Waals surface area contributed by atoms with Crippen molar-refractivity contribution < 1.29 is 13.7 Å². The third-order valence-electron chi connectivity index (χ3n) is 2.96. The Bertz CT molecular complexity index is 773. The van der Waals surface area contributed by atoms with E-state index in [1.807, 2.05) is 0 Å². The predicted octanol–water partition coefficient (Wildman–Crippen LogP) is 2.20. The van der Waals surface area contributed by atoms with Crippen LogP contribution in [0.2, 0.25) is 0 Å². The molecule has 1 N–H and O–H groups in total. The molecule has 0 aliphatic carbocycles. The monoisotopic (exact) mass is 298 g/mol. The molecule has 0 bridgehead atoms. The summed E-state index contributed by atoms with van der Waals surface area (Å²) in [5.74, 6) is -0.551. The number of hydrogen-bond acceptors (Lipinski definition) is 5. The largest absolute Gasteiger partial charge is 0.351 e. The maximum absolute atomic E-state index is 12.9. The molecule has 0 fully saturated rings. The van der Waals surface area contributed by atoms with Crippen molar-refractivity contribution in [3.8, 4) is 11.3 Å². The van der Waals surface area contributed by atoms with Gasteiger partial charge in [-0.15, -0.1) is 0 Å². The highest BCUT2D eigenvalue weighted by Gasteiger charge is 2.10. The van der Waals surface area contributed by atoms with Gasteiger partial charge in [0.25, 0.3) is 5.91 Å². The second-order valence-corrected chi connectivity index (χ2v) is 4.46. The highest BCUT2D eigenvalue weighted by Crippen LogP contribution is 2.17. The molecule has 0 aliphatic heterocycles. The van der Waals surface area contributed by atoms with Crippen LogP contribution in [0.4, 0.5) is 4.39 Å². The van der Waals surface area contributed by atoms with Gasteiger partial charge in [-0.25, -0.2) is 14.4 Å². The molecule has 2 heterocycles. The molecule has 0 spiro atoms. The summed E-state index contributed by atoms with van der Waals surface area (Å²) in [6.07, 6.45) is 2.79. The van der Waals surface area contributed by atoms with Crippen LogP contribution in [-0.2, 0) is 6.54 Å². The maximum Gasteiger partial charge on any atom is 0.290 e. The number of benzene rings is 1. The zero-order valence-electron chi connectivity index (χ0n) is 11.4. The first kappa shape index (κ1) is 13.9. The van der Waals surface area contributed by atoms with E-state index in [9.17, 15) is 9.18 Å². The lowest BCUT2D eigenvalue weighted by atomic mass is 10.1. The van der Waals surface area contributed by atoms with Crippen molar-refractivity contribution in [3.63, 3.8) is 0 Å². The summed E-state index contributed by atoms with van der Waals surface area (Å²) in [6, 6.07) is 9.20. The van der Waals surface area contributed by atoms with Crippen LogP contribution in [-0.4, -0.2) is 21.0 Å². The molecule has 3 rings (SSSR count). The summed E-state index contributed by atoms with van der Waals surface area (Å²) in [4.78, 5) is 20.0. The lowest BCUT2D eigenvalue weighted by Gasteiger charge is -2.05. The topological polar surface area (TPSA) is 80.9 Å². The Morgan fingerprint density at radius 3 is 2.73 bits per heavy atom. The molecule has 22 heavy (non-hydrogen) atoms. The molecule has 0 saturated carbocycles. The van der Waals surface area contributed by atoms with Crippen molar-refractivity contribution in [2.45, 2.75) is 6.54 Å². The summed E-state index contributed by atoms with van der Waals surface area (Å²) in [5, 5.41) is 6.13. The van der Waals surface area contributed by atoms with E-state index in [0.29, 0.717) is 11.4 Å². The van der Waals surface area contributed by atoms with Gasteiger partial charge in [-0.1, -0.05) is 5.16 Å². The van der Waals surface area contributed by atoms with Crippen LogP contribution in [0, 0.1) is 5.82 Å². The Kier molecular flexibility index (Phi) is 3.86. The molecule has 3 aromatic rings. The molecule has 0 unspecified atom stereocenters. The number of aromatic nitrogens is 3. The van der Waals surface area contributed by atoms with Crippen molar-refractivity contribution in [1.82, 2.24) is 20.4 Å². The lowest BCUT2D eigenvalue weighted by molar-refractivity contribution is 0.0913. The number of hydrogen-bond donors (Lipinski definition) is 1. The number of amides is 1. The number of nitrogens with zero attached hydrogens (tertiary/aromatic N) is 3. The lowest BCUT2D eigenvalue weighted by Crippen LogP contribution is -2.22. The predicted molar refractivity (Wildman–Crippen MR) is 75.1 cm³/mol. The van der Waals surface area contributed by atoms with Gasteiger partial charge in [0.05, 0.1) is 24.1 Å². The first-order valence-electron chi connectivity index (χ1n) is 6.48. The van der Waals surface area contributed by atoms with E-state index in [0.717, 1.165) is 5.56 Å². The van der Waals surface area contributed by atoms with Gasteiger partial charge in [0, 0.05) is 11.6 Å².